The van der Waals surface area contributed by atoms with Crippen molar-refractivity contribution in [3.05, 3.63) is 39.4 Å². The number of hydrogen-bond acceptors (Lipinski definition) is 2. The Balaban J connectivity index is 2.58. The molecule has 0 saturated carbocycles. The highest BCUT2D eigenvalue weighted by molar-refractivity contribution is 7.19. The molecule has 78 valence electrons. The molecule has 0 fully saturated rings. The van der Waals surface area contributed by atoms with Crippen molar-refractivity contribution in [1.29, 1.82) is 0 Å². The summed E-state index contributed by atoms with van der Waals surface area (Å²) in [7, 11) is 0. The number of aryl methyl sites for hydroxylation is 3. The predicted octanol–water partition coefficient (Wildman–Crippen LogP) is 4.39. The molecule has 0 amide bonds. The van der Waals surface area contributed by atoms with Gasteiger partial charge in [-0.15, -0.1) is 11.3 Å². The van der Waals surface area contributed by atoms with Crippen molar-refractivity contribution in [3.8, 4) is 10.6 Å². The maximum absolute atomic E-state index is 6.03. The molecule has 0 unspecified atom stereocenters. The first-order chi connectivity index (χ1) is 7.08. The number of halogens is 1. The Kier molecular flexibility index (Phi) is 2.81. The summed E-state index contributed by atoms with van der Waals surface area (Å²) in [4.78, 5) is 4.47. The Labute approximate surface area is 98.7 Å². The highest BCUT2D eigenvalue weighted by Crippen LogP contribution is 2.33. The van der Waals surface area contributed by atoms with Gasteiger partial charge in [0.25, 0.3) is 0 Å². The van der Waals surface area contributed by atoms with E-state index in [1.165, 1.54) is 16.7 Å². The molecule has 0 atom stereocenters. The minimum Gasteiger partial charge on any atom is -0.240 e. The molecule has 0 radical (unpaired) electrons. The Morgan fingerprint density at radius 2 is 1.93 bits per heavy atom. The Bertz CT molecular complexity index is 483. The zero-order chi connectivity index (χ0) is 11.0. The molecular weight excluding hydrogens is 226 g/mol. The fourth-order valence-corrected chi connectivity index (χ4v) is 2.60. The van der Waals surface area contributed by atoms with Gasteiger partial charge in [0.1, 0.15) is 9.34 Å². The van der Waals surface area contributed by atoms with Gasteiger partial charge in [0.05, 0.1) is 5.69 Å². The molecule has 0 N–H and O–H groups in total. The number of nitrogens with zero attached hydrogens (tertiary/aromatic N) is 1. The third-order valence-electron chi connectivity index (χ3n) is 2.36. The minimum atomic E-state index is 0.783. The molecule has 0 aliphatic rings. The van der Waals surface area contributed by atoms with Gasteiger partial charge in [0.2, 0.25) is 0 Å². The minimum absolute atomic E-state index is 0.783. The molecule has 1 aromatic carbocycles. The van der Waals surface area contributed by atoms with Gasteiger partial charge >= 0.3 is 0 Å². The lowest BCUT2D eigenvalue weighted by Crippen LogP contribution is -1.84. The summed E-state index contributed by atoms with van der Waals surface area (Å²) in [5.41, 5.74) is 4.60. The fourth-order valence-electron chi connectivity index (χ4n) is 1.46. The van der Waals surface area contributed by atoms with Crippen LogP contribution in [-0.4, -0.2) is 4.98 Å². The Hall–Kier alpha value is -0.860. The third-order valence-corrected chi connectivity index (χ3v) is 3.85. The van der Waals surface area contributed by atoms with Crippen LogP contribution in [0.1, 0.15) is 16.8 Å². The third kappa shape index (κ3) is 2.06. The highest BCUT2D eigenvalue weighted by atomic mass is 35.5. The van der Waals surface area contributed by atoms with Crippen LogP contribution >= 0.6 is 22.9 Å². The van der Waals surface area contributed by atoms with Crippen LogP contribution < -0.4 is 0 Å². The van der Waals surface area contributed by atoms with Crippen molar-refractivity contribution in [3.63, 3.8) is 0 Å². The number of hydrogen-bond donors (Lipinski definition) is 0. The average Bonchev–Trinajstić information content (AvgIpc) is 2.51. The molecule has 0 aliphatic heterocycles. The second kappa shape index (κ2) is 3.95. The zero-order valence-corrected chi connectivity index (χ0v) is 10.5. The van der Waals surface area contributed by atoms with Crippen LogP contribution in [0.3, 0.4) is 0 Å². The summed E-state index contributed by atoms with van der Waals surface area (Å²) in [5, 5.41) is 1.01. The van der Waals surface area contributed by atoms with Gasteiger partial charge in [-0.3, -0.25) is 0 Å². The number of benzene rings is 1. The van der Waals surface area contributed by atoms with Crippen LogP contribution in [0.4, 0.5) is 0 Å². The summed E-state index contributed by atoms with van der Waals surface area (Å²) in [6, 6.07) is 6.39. The topological polar surface area (TPSA) is 12.9 Å². The van der Waals surface area contributed by atoms with E-state index in [9.17, 15) is 0 Å². The summed E-state index contributed by atoms with van der Waals surface area (Å²) >= 11 is 7.57. The van der Waals surface area contributed by atoms with E-state index >= 15 is 0 Å². The second-order valence-electron chi connectivity index (χ2n) is 3.70. The van der Waals surface area contributed by atoms with Gasteiger partial charge in [-0.1, -0.05) is 29.3 Å². The molecule has 1 heterocycles. The van der Waals surface area contributed by atoms with Crippen molar-refractivity contribution in [2.45, 2.75) is 20.8 Å². The van der Waals surface area contributed by atoms with E-state index in [-0.39, 0.29) is 0 Å². The SMILES string of the molecule is Cc1ccc(C)c(-c2nc(C)c(Cl)s2)c1. The largest absolute Gasteiger partial charge is 0.240 e. The molecular formula is C12H12ClNS. The predicted molar refractivity (Wildman–Crippen MR) is 66.8 cm³/mol. The smallest absolute Gasteiger partial charge is 0.125 e. The maximum Gasteiger partial charge on any atom is 0.125 e. The first kappa shape index (κ1) is 10.7. The van der Waals surface area contributed by atoms with Gasteiger partial charge in [-0.25, -0.2) is 4.98 Å². The zero-order valence-electron chi connectivity index (χ0n) is 8.97. The van der Waals surface area contributed by atoms with E-state index in [0.29, 0.717) is 0 Å². The summed E-state index contributed by atoms with van der Waals surface area (Å²) in [6.45, 7) is 6.12. The van der Waals surface area contributed by atoms with Crippen molar-refractivity contribution < 1.29 is 0 Å². The summed E-state index contributed by atoms with van der Waals surface area (Å²) in [6.07, 6.45) is 0. The van der Waals surface area contributed by atoms with Crippen molar-refractivity contribution in [2.24, 2.45) is 0 Å². The summed E-state index contributed by atoms with van der Waals surface area (Å²) < 4.78 is 0.783. The molecule has 1 nitrogen and oxygen atoms in total. The van der Waals surface area contributed by atoms with Gasteiger partial charge in [0, 0.05) is 5.56 Å². The molecule has 15 heavy (non-hydrogen) atoms. The molecule has 1 aromatic heterocycles. The monoisotopic (exact) mass is 237 g/mol. The molecule has 0 saturated heterocycles. The van der Waals surface area contributed by atoms with E-state index in [2.05, 4.69) is 37.0 Å². The molecule has 2 aromatic rings. The number of thiazole rings is 1. The lowest BCUT2D eigenvalue weighted by Gasteiger charge is -2.02. The van der Waals surface area contributed by atoms with Crippen LogP contribution in [0.2, 0.25) is 4.34 Å². The van der Waals surface area contributed by atoms with Crippen molar-refractivity contribution in [2.75, 3.05) is 0 Å². The van der Waals surface area contributed by atoms with Crippen LogP contribution in [0, 0.1) is 20.8 Å². The second-order valence-corrected chi connectivity index (χ2v) is 5.30. The summed E-state index contributed by atoms with van der Waals surface area (Å²) in [5.74, 6) is 0. The standard InChI is InChI=1S/C12H12ClNS/c1-7-4-5-8(2)10(6-7)12-14-9(3)11(13)15-12/h4-6H,1-3H3. The molecule has 0 aliphatic carbocycles. The van der Waals surface area contributed by atoms with Crippen LogP contribution in [0.5, 0.6) is 0 Å². The Morgan fingerprint density at radius 3 is 2.53 bits per heavy atom. The van der Waals surface area contributed by atoms with Gasteiger partial charge in [-0.2, -0.15) is 0 Å². The Morgan fingerprint density at radius 1 is 1.20 bits per heavy atom. The van der Waals surface area contributed by atoms with Gasteiger partial charge < -0.3 is 0 Å². The van der Waals surface area contributed by atoms with Crippen molar-refractivity contribution in [1.82, 2.24) is 4.98 Å². The van der Waals surface area contributed by atoms with E-state index in [0.717, 1.165) is 15.0 Å². The maximum atomic E-state index is 6.03. The van der Waals surface area contributed by atoms with Gasteiger partial charge in [0.15, 0.2) is 0 Å². The van der Waals surface area contributed by atoms with Crippen LogP contribution in [-0.2, 0) is 0 Å². The quantitative estimate of drug-likeness (QED) is 0.717. The van der Waals surface area contributed by atoms with Crippen LogP contribution in [0.15, 0.2) is 18.2 Å². The van der Waals surface area contributed by atoms with E-state index in [1.54, 1.807) is 11.3 Å². The average molecular weight is 238 g/mol. The lowest BCUT2D eigenvalue weighted by molar-refractivity contribution is 1.26. The first-order valence-electron chi connectivity index (χ1n) is 4.78. The molecule has 0 bridgehead atoms. The fraction of sp³-hybridized carbons (Fsp3) is 0.250. The van der Waals surface area contributed by atoms with Crippen molar-refractivity contribution >= 4 is 22.9 Å². The normalized spacial score (nSPS) is 10.7. The van der Waals surface area contributed by atoms with E-state index in [4.69, 9.17) is 11.6 Å². The molecule has 3 heteroatoms. The van der Waals surface area contributed by atoms with E-state index in [1.807, 2.05) is 6.92 Å². The first-order valence-corrected chi connectivity index (χ1v) is 5.98. The molecule has 0 spiro atoms. The highest BCUT2D eigenvalue weighted by Gasteiger charge is 2.09. The van der Waals surface area contributed by atoms with Gasteiger partial charge in [-0.05, 0) is 32.4 Å². The lowest BCUT2D eigenvalue weighted by atomic mass is 10.1. The van der Waals surface area contributed by atoms with E-state index < -0.39 is 0 Å². The number of rotatable bonds is 1. The number of aromatic nitrogens is 1. The molecule has 2 rings (SSSR count). The van der Waals surface area contributed by atoms with Crippen LogP contribution in [0.25, 0.3) is 10.6 Å².